The molecule has 5 heteroatoms. The number of hydrogen-bond donors (Lipinski definition) is 1. The molecule has 0 radical (unpaired) electrons. The summed E-state index contributed by atoms with van der Waals surface area (Å²) in [5, 5.41) is 3.62. The Kier molecular flexibility index (Phi) is 3.83. The van der Waals surface area contributed by atoms with Crippen LogP contribution in [0.3, 0.4) is 0 Å². The van der Waals surface area contributed by atoms with Crippen LogP contribution in [0, 0.1) is 0 Å². The van der Waals surface area contributed by atoms with Crippen LogP contribution in [0.1, 0.15) is 30.1 Å². The minimum absolute atomic E-state index is 0.0911. The highest BCUT2D eigenvalue weighted by Gasteiger charge is 2.33. The lowest BCUT2D eigenvalue weighted by Gasteiger charge is -2.46. The number of fused-ring (bicyclic) bond motifs is 4. The summed E-state index contributed by atoms with van der Waals surface area (Å²) < 4.78 is 11.8. The van der Waals surface area contributed by atoms with E-state index < -0.39 is 0 Å². The van der Waals surface area contributed by atoms with E-state index >= 15 is 0 Å². The van der Waals surface area contributed by atoms with Crippen molar-refractivity contribution in [2.24, 2.45) is 0 Å². The molecule has 4 aliphatic heterocycles. The average Bonchev–Trinajstić information content (AvgIpc) is 2.69. The second kappa shape index (κ2) is 6.32. The Morgan fingerprint density at radius 3 is 2.84 bits per heavy atom. The third-order valence-corrected chi connectivity index (χ3v) is 5.58. The first-order valence-electron chi connectivity index (χ1n) is 9.16. The van der Waals surface area contributed by atoms with Crippen LogP contribution in [-0.2, 0) is 6.54 Å². The van der Waals surface area contributed by atoms with Crippen molar-refractivity contribution in [3.8, 4) is 11.6 Å². The first-order chi connectivity index (χ1) is 12.3. The lowest BCUT2D eigenvalue weighted by Crippen LogP contribution is -2.60. The van der Waals surface area contributed by atoms with Gasteiger partial charge in [0.15, 0.2) is 11.9 Å². The number of hydrogen-bond acceptors (Lipinski definition) is 5. The van der Waals surface area contributed by atoms with Gasteiger partial charge in [0.1, 0.15) is 6.61 Å². The van der Waals surface area contributed by atoms with Crippen molar-refractivity contribution < 1.29 is 9.47 Å². The molecular weight excluding hydrogens is 314 g/mol. The van der Waals surface area contributed by atoms with Crippen LogP contribution in [0.4, 0.5) is 0 Å². The minimum atomic E-state index is -0.0911. The van der Waals surface area contributed by atoms with E-state index in [4.69, 9.17) is 9.47 Å². The number of ether oxygens (including phenoxy) is 2. The van der Waals surface area contributed by atoms with Crippen molar-refractivity contribution in [1.82, 2.24) is 15.2 Å². The van der Waals surface area contributed by atoms with Crippen molar-refractivity contribution >= 4 is 0 Å². The van der Waals surface area contributed by atoms with Crippen molar-refractivity contribution in [3.05, 3.63) is 53.7 Å². The highest BCUT2D eigenvalue weighted by atomic mass is 16.6. The Bertz CT molecular complexity index is 741. The predicted molar refractivity (Wildman–Crippen MR) is 94.8 cm³/mol. The van der Waals surface area contributed by atoms with Crippen molar-refractivity contribution in [3.63, 3.8) is 0 Å². The van der Waals surface area contributed by atoms with Gasteiger partial charge in [-0.1, -0.05) is 24.3 Å². The van der Waals surface area contributed by atoms with Crippen LogP contribution in [0.5, 0.6) is 11.6 Å². The molecule has 6 rings (SSSR count). The lowest BCUT2D eigenvalue weighted by atomic mass is 9.92. The molecule has 0 aliphatic carbocycles. The maximum Gasteiger partial charge on any atom is 0.257 e. The monoisotopic (exact) mass is 337 g/mol. The standard InChI is InChI=1S/C20H23N3O2/c1-2-18-20(21-9-1)25-19(13-24-18)15-5-3-14(4-6-15)11-23-12-16-7-8-17(23)10-22-16/h1-6,9,16-17,19,22H,7-8,10-13H2/t16-,17-,19+/m0/s1. The van der Waals surface area contributed by atoms with Gasteiger partial charge in [-0.3, -0.25) is 4.90 Å². The van der Waals surface area contributed by atoms with E-state index in [1.807, 2.05) is 12.1 Å². The third kappa shape index (κ3) is 2.98. The van der Waals surface area contributed by atoms with Crippen LogP contribution in [-0.4, -0.2) is 41.7 Å². The fourth-order valence-corrected chi connectivity index (χ4v) is 4.14. The molecule has 0 unspecified atom stereocenters. The molecule has 25 heavy (non-hydrogen) atoms. The van der Waals surface area contributed by atoms with Gasteiger partial charge in [-0.15, -0.1) is 0 Å². The summed E-state index contributed by atoms with van der Waals surface area (Å²) in [6, 6.07) is 13.9. The third-order valence-electron chi connectivity index (χ3n) is 5.58. The molecule has 5 heterocycles. The van der Waals surface area contributed by atoms with Gasteiger partial charge >= 0.3 is 0 Å². The maximum absolute atomic E-state index is 5.99. The number of nitrogens with zero attached hydrogens (tertiary/aromatic N) is 2. The van der Waals surface area contributed by atoms with Gasteiger partial charge < -0.3 is 14.8 Å². The Hall–Kier alpha value is -2.11. The molecule has 3 saturated heterocycles. The number of pyridine rings is 1. The first-order valence-corrected chi connectivity index (χ1v) is 9.16. The molecular formula is C20H23N3O2. The van der Waals surface area contributed by atoms with Gasteiger partial charge in [-0.25, -0.2) is 4.98 Å². The topological polar surface area (TPSA) is 46.6 Å². The summed E-state index contributed by atoms with van der Waals surface area (Å²) in [5.74, 6) is 1.31. The van der Waals surface area contributed by atoms with E-state index in [2.05, 4.69) is 39.5 Å². The SMILES string of the molecule is c1cnc2c(c1)OC[C@H](c1ccc(CN3C[C@@H]4CC[C@H]3CN4)cc1)O2. The predicted octanol–water partition coefficient (Wildman–Crippen LogP) is 2.53. The molecule has 3 atom stereocenters. The second-order valence-corrected chi connectivity index (χ2v) is 7.23. The van der Waals surface area contributed by atoms with Crippen molar-refractivity contribution in [1.29, 1.82) is 0 Å². The molecule has 1 N–H and O–H groups in total. The number of aromatic nitrogens is 1. The summed E-state index contributed by atoms with van der Waals surface area (Å²) in [6.45, 7) is 3.88. The summed E-state index contributed by atoms with van der Waals surface area (Å²) in [4.78, 5) is 6.88. The number of benzene rings is 1. The Morgan fingerprint density at radius 2 is 2.08 bits per heavy atom. The van der Waals surface area contributed by atoms with E-state index in [1.54, 1.807) is 6.20 Å². The molecule has 1 aromatic heterocycles. The van der Waals surface area contributed by atoms with Crippen LogP contribution in [0.25, 0.3) is 0 Å². The van der Waals surface area contributed by atoms with E-state index in [0.717, 1.165) is 24.4 Å². The van der Waals surface area contributed by atoms with Gasteiger partial charge in [0, 0.05) is 37.9 Å². The quantitative estimate of drug-likeness (QED) is 0.933. The van der Waals surface area contributed by atoms with Crippen LogP contribution in [0.15, 0.2) is 42.6 Å². The van der Waals surface area contributed by atoms with Gasteiger partial charge in [-0.05, 0) is 36.1 Å². The zero-order valence-electron chi connectivity index (χ0n) is 14.2. The average molecular weight is 337 g/mol. The molecule has 130 valence electrons. The van der Waals surface area contributed by atoms with Crippen LogP contribution >= 0.6 is 0 Å². The lowest BCUT2D eigenvalue weighted by molar-refractivity contribution is 0.0684. The van der Waals surface area contributed by atoms with Crippen LogP contribution in [0.2, 0.25) is 0 Å². The van der Waals surface area contributed by atoms with E-state index in [1.165, 1.54) is 24.9 Å². The molecule has 0 amide bonds. The molecule has 0 spiro atoms. The number of piperidine rings is 2. The van der Waals surface area contributed by atoms with Gasteiger partial charge in [-0.2, -0.15) is 0 Å². The minimum Gasteiger partial charge on any atom is -0.484 e. The zero-order chi connectivity index (χ0) is 16.6. The van der Waals surface area contributed by atoms with Gasteiger partial charge in [0.05, 0.1) is 0 Å². The first kappa shape index (κ1) is 15.2. The number of rotatable bonds is 3. The van der Waals surface area contributed by atoms with Crippen molar-refractivity contribution in [2.45, 2.75) is 37.6 Å². The van der Waals surface area contributed by atoms with Crippen LogP contribution < -0.4 is 14.8 Å². The molecule has 1 aromatic carbocycles. The highest BCUT2D eigenvalue weighted by molar-refractivity contribution is 5.36. The molecule has 0 saturated carbocycles. The fourth-order valence-electron chi connectivity index (χ4n) is 4.14. The zero-order valence-corrected chi connectivity index (χ0v) is 14.2. The number of nitrogens with one attached hydrogen (secondary N) is 1. The summed E-state index contributed by atoms with van der Waals surface area (Å²) in [5.41, 5.74) is 2.51. The Labute approximate surface area is 148 Å². The van der Waals surface area contributed by atoms with Gasteiger partial charge in [0.2, 0.25) is 0 Å². The maximum atomic E-state index is 5.99. The van der Waals surface area contributed by atoms with E-state index in [-0.39, 0.29) is 6.10 Å². The molecule has 4 aliphatic rings. The molecule has 2 bridgehead atoms. The Balaban J connectivity index is 1.26. The van der Waals surface area contributed by atoms with Crippen molar-refractivity contribution in [2.75, 3.05) is 19.7 Å². The fraction of sp³-hybridized carbons (Fsp3) is 0.450. The highest BCUT2D eigenvalue weighted by Crippen LogP contribution is 2.34. The van der Waals surface area contributed by atoms with Gasteiger partial charge in [0.25, 0.3) is 5.88 Å². The summed E-state index contributed by atoms with van der Waals surface area (Å²) >= 11 is 0. The van der Waals surface area contributed by atoms with E-state index in [9.17, 15) is 0 Å². The van der Waals surface area contributed by atoms with E-state index in [0.29, 0.717) is 24.6 Å². The largest absolute Gasteiger partial charge is 0.484 e. The molecule has 5 nitrogen and oxygen atoms in total. The summed E-state index contributed by atoms with van der Waals surface area (Å²) in [7, 11) is 0. The Morgan fingerprint density at radius 1 is 1.16 bits per heavy atom. The molecule has 2 aromatic rings. The second-order valence-electron chi connectivity index (χ2n) is 7.23. The molecule has 3 fully saturated rings. The summed E-state index contributed by atoms with van der Waals surface area (Å²) in [6.07, 6.45) is 4.30. The smallest absolute Gasteiger partial charge is 0.257 e. The normalized spacial score (nSPS) is 28.1. The number of piperazine rings is 1.